The number of amides is 1. The van der Waals surface area contributed by atoms with Crippen LogP contribution in [0.15, 0.2) is 5.38 Å². The summed E-state index contributed by atoms with van der Waals surface area (Å²) in [5, 5.41) is 2.67. The first-order valence-corrected chi connectivity index (χ1v) is 4.43. The van der Waals surface area contributed by atoms with Gasteiger partial charge in [0.2, 0.25) is 5.91 Å². The van der Waals surface area contributed by atoms with Gasteiger partial charge in [0.05, 0.1) is 6.04 Å². The second kappa shape index (κ2) is 3.64. The van der Waals surface area contributed by atoms with Gasteiger partial charge in [-0.3, -0.25) is 4.79 Å². The minimum atomic E-state index is -0.393. The van der Waals surface area contributed by atoms with Crippen molar-refractivity contribution in [1.82, 2.24) is 4.98 Å². The fourth-order valence-corrected chi connectivity index (χ4v) is 1.65. The number of hydrogen-bond donors (Lipinski definition) is 2. The van der Waals surface area contributed by atoms with Crippen molar-refractivity contribution in [2.24, 2.45) is 11.5 Å². The minimum absolute atomic E-state index is 0.160. The van der Waals surface area contributed by atoms with Crippen LogP contribution < -0.4 is 11.5 Å². The van der Waals surface area contributed by atoms with Gasteiger partial charge in [0.25, 0.3) is 0 Å². The third kappa shape index (κ3) is 2.28. The summed E-state index contributed by atoms with van der Waals surface area (Å²) in [7, 11) is 0. The molecule has 1 heterocycles. The Hall–Kier alpha value is -0.940. The molecule has 0 aliphatic rings. The zero-order chi connectivity index (χ0) is 9.14. The molecule has 5 heteroatoms. The van der Waals surface area contributed by atoms with E-state index in [0.717, 1.165) is 10.7 Å². The molecular weight excluding hydrogens is 174 g/mol. The maximum absolute atomic E-state index is 10.5. The molecule has 0 fully saturated rings. The van der Waals surface area contributed by atoms with Crippen LogP contribution in [0.1, 0.15) is 23.2 Å². The predicted molar refractivity (Wildman–Crippen MR) is 47.6 cm³/mol. The highest BCUT2D eigenvalue weighted by Gasteiger charge is 2.11. The van der Waals surface area contributed by atoms with Gasteiger partial charge in [0.1, 0.15) is 5.01 Å². The topological polar surface area (TPSA) is 82.0 Å². The number of aryl methyl sites for hydroxylation is 1. The van der Waals surface area contributed by atoms with Crippen molar-refractivity contribution >= 4 is 17.2 Å². The summed E-state index contributed by atoms with van der Waals surface area (Å²) in [6.45, 7) is 1.89. The Bertz CT molecular complexity index is 284. The molecule has 0 aliphatic carbocycles. The number of hydrogen-bond acceptors (Lipinski definition) is 4. The van der Waals surface area contributed by atoms with Crippen molar-refractivity contribution < 1.29 is 4.79 Å². The van der Waals surface area contributed by atoms with E-state index >= 15 is 0 Å². The predicted octanol–water partition coefficient (Wildman–Crippen LogP) is 0.327. The molecule has 1 atom stereocenters. The Morgan fingerprint density at radius 1 is 1.83 bits per heavy atom. The Labute approximate surface area is 74.6 Å². The summed E-state index contributed by atoms with van der Waals surface area (Å²) < 4.78 is 0. The lowest BCUT2D eigenvalue weighted by molar-refractivity contribution is -0.118. The number of aromatic nitrogens is 1. The van der Waals surface area contributed by atoms with Gasteiger partial charge in [0, 0.05) is 17.5 Å². The van der Waals surface area contributed by atoms with Crippen molar-refractivity contribution in [3.05, 3.63) is 16.1 Å². The first-order chi connectivity index (χ1) is 5.59. The van der Waals surface area contributed by atoms with Crippen LogP contribution in [0, 0.1) is 6.92 Å². The van der Waals surface area contributed by atoms with Crippen molar-refractivity contribution in [2.75, 3.05) is 0 Å². The first-order valence-electron chi connectivity index (χ1n) is 3.55. The maximum atomic E-state index is 10.5. The molecule has 0 spiro atoms. The van der Waals surface area contributed by atoms with Crippen molar-refractivity contribution in [2.45, 2.75) is 19.4 Å². The minimum Gasteiger partial charge on any atom is -0.370 e. The van der Waals surface area contributed by atoms with Gasteiger partial charge in [0.15, 0.2) is 0 Å². The molecule has 0 aromatic carbocycles. The molecule has 0 aliphatic heterocycles. The SMILES string of the molecule is Cc1csc([C@@H](N)CC(N)=O)n1. The molecule has 4 nitrogen and oxygen atoms in total. The summed E-state index contributed by atoms with van der Waals surface area (Å²) >= 11 is 1.46. The lowest BCUT2D eigenvalue weighted by Crippen LogP contribution is -2.20. The molecule has 0 unspecified atom stereocenters. The summed E-state index contributed by atoms with van der Waals surface area (Å²) in [6, 6.07) is -0.346. The molecule has 1 aromatic heterocycles. The van der Waals surface area contributed by atoms with Crippen LogP contribution in [-0.4, -0.2) is 10.9 Å². The van der Waals surface area contributed by atoms with E-state index in [1.54, 1.807) is 0 Å². The monoisotopic (exact) mass is 185 g/mol. The lowest BCUT2D eigenvalue weighted by Gasteiger charge is -2.03. The van der Waals surface area contributed by atoms with Crippen molar-refractivity contribution in [1.29, 1.82) is 0 Å². The van der Waals surface area contributed by atoms with Gasteiger partial charge in [-0.05, 0) is 6.92 Å². The first kappa shape index (κ1) is 9.15. The number of carbonyl (C=O) groups is 1. The number of nitrogens with zero attached hydrogens (tertiary/aromatic N) is 1. The summed E-state index contributed by atoms with van der Waals surface area (Å²) in [5.74, 6) is -0.393. The average Bonchev–Trinajstić information content (AvgIpc) is 2.34. The average molecular weight is 185 g/mol. The van der Waals surface area contributed by atoms with Gasteiger partial charge >= 0.3 is 0 Å². The number of nitrogens with two attached hydrogens (primary N) is 2. The zero-order valence-electron chi connectivity index (χ0n) is 6.78. The molecular formula is C7H11N3OS. The van der Waals surface area contributed by atoms with Gasteiger partial charge in [-0.2, -0.15) is 0 Å². The number of rotatable bonds is 3. The van der Waals surface area contributed by atoms with E-state index < -0.39 is 5.91 Å². The van der Waals surface area contributed by atoms with Crippen LogP contribution in [0.5, 0.6) is 0 Å². The molecule has 1 rings (SSSR count). The smallest absolute Gasteiger partial charge is 0.219 e. The normalized spacial score (nSPS) is 12.8. The molecule has 66 valence electrons. The Balaban J connectivity index is 2.64. The molecule has 12 heavy (non-hydrogen) atoms. The second-order valence-corrected chi connectivity index (χ2v) is 3.49. The second-order valence-electron chi connectivity index (χ2n) is 2.60. The molecule has 0 bridgehead atoms. The highest BCUT2D eigenvalue weighted by Crippen LogP contribution is 2.17. The van der Waals surface area contributed by atoms with Crippen LogP contribution >= 0.6 is 11.3 Å². The van der Waals surface area contributed by atoms with Crippen molar-refractivity contribution in [3.63, 3.8) is 0 Å². The molecule has 1 amide bonds. The molecule has 0 saturated carbocycles. The van der Waals surface area contributed by atoms with Crippen LogP contribution in [-0.2, 0) is 4.79 Å². The summed E-state index contributed by atoms with van der Waals surface area (Å²) in [4.78, 5) is 14.7. The van der Waals surface area contributed by atoms with E-state index in [9.17, 15) is 4.79 Å². The van der Waals surface area contributed by atoms with E-state index in [1.807, 2.05) is 12.3 Å². The summed E-state index contributed by atoms with van der Waals surface area (Å²) in [6.07, 6.45) is 0.160. The number of primary amides is 1. The van der Waals surface area contributed by atoms with Gasteiger partial charge in [-0.25, -0.2) is 4.98 Å². The quantitative estimate of drug-likeness (QED) is 0.711. The van der Waals surface area contributed by atoms with Crippen molar-refractivity contribution in [3.8, 4) is 0 Å². The van der Waals surface area contributed by atoms with Gasteiger partial charge < -0.3 is 11.5 Å². The van der Waals surface area contributed by atoms with E-state index in [1.165, 1.54) is 11.3 Å². The molecule has 4 N–H and O–H groups in total. The van der Waals surface area contributed by atoms with Crippen LogP contribution in [0.2, 0.25) is 0 Å². The van der Waals surface area contributed by atoms with E-state index in [0.29, 0.717) is 0 Å². The Kier molecular flexibility index (Phi) is 2.78. The lowest BCUT2D eigenvalue weighted by atomic mass is 10.2. The molecule has 0 radical (unpaired) electrons. The summed E-state index contributed by atoms with van der Waals surface area (Å²) in [5.41, 5.74) is 11.6. The Morgan fingerprint density at radius 2 is 2.50 bits per heavy atom. The fourth-order valence-electron chi connectivity index (χ4n) is 0.847. The number of carbonyl (C=O) groups excluding carboxylic acids is 1. The third-order valence-corrected chi connectivity index (χ3v) is 2.47. The molecule has 1 aromatic rings. The van der Waals surface area contributed by atoms with Gasteiger partial charge in [-0.1, -0.05) is 0 Å². The van der Waals surface area contributed by atoms with E-state index in [2.05, 4.69) is 4.98 Å². The Morgan fingerprint density at radius 3 is 2.92 bits per heavy atom. The van der Waals surface area contributed by atoms with E-state index in [-0.39, 0.29) is 12.5 Å². The highest BCUT2D eigenvalue weighted by atomic mass is 32.1. The largest absolute Gasteiger partial charge is 0.370 e. The zero-order valence-corrected chi connectivity index (χ0v) is 7.60. The van der Waals surface area contributed by atoms with Crippen LogP contribution in [0.3, 0.4) is 0 Å². The third-order valence-electron chi connectivity index (χ3n) is 1.38. The maximum Gasteiger partial charge on any atom is 0.219 e. The standard InChI is InChI=1S/C7H11N3OS/c1-4-3-12-7(10-4)5(8)2-6(9)11/h3,5H,2,8H2,1H3,(H2,9,11)/t5-/m0/s1. The van der Waals surface area contributed by atoms with Crippen LogP contribution in [0.25, 0.3) is 0 Å². The van der Waals surface area contributed by atoms with Gasteiger partial charge in [-0.15, -0.1) is 11.3 Å². The van der Waals surface area contributed by atoms with Crippen LogP contribution in [0.4, 0.5) is 0 Å². The highest BCUT2D eigenvalue weighted by molar-refractivity contribution is 7.09. The molecule has 0 saturated heterocycles. The fraction of sp³-hybridized carbons (Fsp3) is 0.429. The van der Waals surface area contributed by atoms with E-state index in [4.69, 9.17) is 11.5 Å². The number of thiazole rings is 1.